The number of hydrogen-bond acceptors (Lipinski definition) is 6. The molecule has 0 saturated carbocycles. The summed E-state index contributed by atoms with van der Waals surface area (Å²) in [7, 11) is 3.65. The van der Waals surface area contributed by atoms with Crippen molar-refractivity contribution >= 4 is 44.5 Å². The number of methoxy groups -OCH3 is 1. The van der Waals surface area contributed by atoms with Gasteiger partial charge in [-0.15, -0.1) is 20.0 Å². The maximum atomic E-state index is 5.79. The molecule has 0 aliphatic rings. The van der Waals surface area contributed by atoms with Gasteiger partial charge >= 0.3 is 0 Å². The Bertz CT molecular complexity index is 1700. The number of hydrogen-bond donors (Lipinski definition) is 3. The van der Waals surface area contributed by atoms with Gasteiger partial charge in [-0.25, -0.2) is 9.97 Å². The number of aromatic amines is 2. The highest BCUT2D eigenvalue weighted by Crippen LogP contribution is 2.37. The first kappa shape index (κ1) is 20.2. The van der Waals surface area contributed by atoms with Gasteiger partial charge in [0.1, 0.15) is 34.7 Å². The smallest absolute Gasteiger partial charge is 0.240 e. The second-order valence-corrected chi connectivity index (χ2v) is 8.36. The van der Waals surface area contributed by atoms with Gasteiger partial charge in [0.15, 0.2) is 12.9 Å². The van der Waals surface area contributed by atoms with Gasteiger partial charge in [-0.05, 0) is 39.0 Å². The van der Waals surface area contributed by atoms with E-state index in [4.69, 9.17) is 9.72 Å². The van der Waals surface area contributed by atoms with Crippen molar-refractivity contribution in [1.82, 2.24) is 34.8 Å². The maximum absolute atomic E-state index is 5.79. The predicted molar refractivity (Wildman–Crippen MR) is 130 cm³/mol. The summed E-state index contributed by atoms with van der Waals surface area (Å²) in [6, 6.07) is 12.3. The van der Waals surface area contributed by atoms with Gasteiger partial charge in [-0.3, -0.25) is 4.57 Å². The SMILES string of the molecule is COc1cc2c(cc1-n1c(C)nnc1C)[nH]c1nc(C)nc(Nc3[nH][n+](C)c4ccccc34)c12. The minimum Gasteiger partial charge on any atom is -0.495 e. The molecule has 4 heterocycles. The van der Waals surface area contributed by atoms with Crippen molar-refractivity contribution < 1.29 is 9.42 Å². The molecular formula is C24H24N9O+. The summed E-state index contributed by atoms with van der Waals surface area (Å²) in [5.41, 5.74) is 3.63. The Morgan fingerprint density at radius 2 is 1.76 bits per heavy atom. The van der Waals surface area contributed by atoms with Gasteiger partial charge in [0.05, 0.1) is 29.1 Å². The van der Waals surface area contributed by atoms with E-state index in [1.165, 1.54) is 0 Å². The lowest BCUT2D eigenvalue weighted by Gasteiger charge is -2.12. The predicted octanol–water partition coefficient (Wildman–Crippen LogP) is 3.68. The minimum absolute atomic E-state index is 0.666. The first-order valence-corrected chi connectivity index (χ1v) is 11.0. The van der Waals surface area contributed by atoms with Crippen molar-refractivity contribution in [2.75, 3.05) is 12.4 Å². The van der Waals surface area contributed by atoms with E-state index in [0.29, 0.717) is 17.4 Å². The molecule has 0 saturated heterocycles. The van der Waals surface area contributed by atoms with Gasteiger partial charge in [-0.2, -0.15) is 0 Å². The standard InChI is InChI=1S/C24H23N9O/c1-12-25-23-21(24(26-12)28-22-15-8-6-7-9-18(15)32(4)31-22)16-10-20(34-5)19(11-17(16)27-23)33-13(2)29-30-14(33)3/h6-11H,1-5H3,(H2,25,26,27,28,31)/p+1. The van der Waals surface area contributed by atoms with Crippen LogP contribution in [-0.2, 0) is 7.05 Å². The average molecular weight is 455 g/mol. The Hall–Kier alpha value is -4.47. The number of H-pyrrole nitrogens is 2. The van der Waals surface area contributed by atoms with E-state index < -0.39 is 0 Å². The number of nitrogens with zero attached hydrogens (tertiary/aromatic N) is 6. The van der Waals surface area contributed by atoms with Crippen molar-refractivity contribution in [3.05, 3.63) is 53.9 Å². The fraction of sp³-hybridized carbons (Fsp3) is 0.208. The third-order valence-electron chi connectivity index (χ3n) is 6.15. The van der Waals surface area contributed by atoms with Crippen LogP contribution in [0.5, 0.6) is 5.75 Å². The van der Waals surface area contributed by atoms with Crippen LogP contribution in [0, 0.1) is 20.8 Å². The Labute approximate surface area is 194 Å². The van der Waals surface area contributed by atoms with E-state index >= 15 is 0 Å². The molecule has 3 N–H and O–H groups in total. The molecule has 34 heavy (non-hydrogen) atoms. The van der Waals surface area contributed by atoms with Gasteiger partial charge in [-0.1, -0.05) is 12.1 Å². The van der Waals surface area contributed by atoms with Crippen LogP contribution in [0.15, 0.2) is 36.4 Å². The summed E-state index contributed by atoms with van der Waals surface area (Å²) in [5, 5.41) is 18.2. The van der Waals surface area contributed by atoms with Crippen molar-refractivity contribution in [2.24, 2.45) is 7.05 Å². The Balaban J connectivity index is 1.59. The third-order valence-corrected chi connectivity index (χ3v) is 6.15. The summed E-state index contributed by atoms with van der Waals surface area (Å²) >= 11 is 0. The molecule has 2 aromatic carbocycles. The van der Waals surface area contributed by atoms with E-state index in [1.807, 2.05) is 61.3 Å². The number of para-hydroxylation sites is 1. The Morgan fingerprint density at radius 1 is 1.00 bits per heavy atom. The van der Waals surface area contributed by atoms with E-state index in [0.717, 1.165) is 56.0 Å². The lowest BCUT2D eigenvalue weighted by Crippen LogP contribution is -2.29. The Morgan fingerprint density at radius 3 is 2.53 bits per heavy atom. The highest BCUT2D eigenvalue weighted by molar-refractivity contribution is 6.13. The second-order valence-electron chi connectivity index (χ2n) is 8.36. The summed E-state index contributed by atoms with van der Waals surface area (Å²) in [4.78, 5) is 12.9. The largest absolute Gasteiger partial charge is 0.495 e. The molecule has 0 radical (unpaired) electrons. The lowest BCUT2D eigenvalue weighted by molar-refractivity contribution is -0.701. The highest BCUT2D eigenvalue weighted by Gasteiger charge is 2.21. The van der Waals surface area contributed by atoms with Crippen LogP contribution in [0.1, 0.15) is 17.5 Å². The fourth-order valence-corrected chi connectivity index (χ4v) is 4.65. The number of rotatable bonds is 4. The van der Waals surface area contributed by atoms with Crippen LogP contribution in [0.3, 0.4) is 0 Å². The minimum atomic E-state index is 0.666. The number of anilines is 2. The van der Waals surface area contributed by atoms with Crippen LogP contribution in [0.2, 0.25) is 0 Å². The van der Waals surface area contributed by atoms with Gasteiger partial charge < -0.3 is 15.0 Å². The molecule has 10 nitrogen and oxygen atoms in total. The second kappa shape index (κ2) is 7.27. The molecule has 0 aliphatic carbocycles. The summed E-state index contributed by atoms with van der Waals surface area (Å²) in [5.74, 6) is 4.53. The molecule has 0 aliphatic heterocycles. The van der Waals surface area contributed by atoms with Gasteiger partial charge in [0.2, 0.25) is 5.52 Å². The number of ether oxygens (including phenoxy) is 1. The molecule has 0 atom stereocenters. The van der Waals surface area contributed by atoms with Gasteiger partial charge in [0, 0.05) is 11.5 Å². The van der Waals surface area contributed by atoms with Crippen LogP contribution >= 0.6 is 0 Å². The van der Waals surface area contributed by atoms with Crippen LogP contribution in [0.4, 0.5) is 11.6 Å². The van der Waals surface area contributed by atoms with Crippen molar-refractivity contribution in [1.29, 1.82) is 0 Å². The number of aromatic nitrogens is 8. The maximum Gasteiger partial charge on any atom is 0.240 e. The number of fused-ring (bicyclic) bond motifs is 4. The fourth-order valence-electron chi connectivity index (χ4n) is 4.65. The van der Waals surface area contributed by atoms with Crippen molar-refractivity contribution in [3.8, 4) is 11.4 Å². The average Bonchev–Trinajstić information content (AvgIpc) is 3.45. The van der Waals surface area contributed by atoms with E-state index in [9.17, 15) is 0 Å². The first-order chi connectivity index (χ1) is 16.4. The molecule has 170 valence electrons. The number of aryl methyl sites for hydroxylation is 4. The van der Waals surface area contributed by atoms with E-state index in [-0.39, 0.29) is 0 Å². The monoisotopic (exact) mass is 454 g/mol. The zero-order chi connectivity index (χ0) is 23.6. The molecule has 0 spiro atoms. The van der Waals surface area contributed by atoms with Crippen molar-refractivity contribution in [3.63, 3.8) is 0 Å². The van der Waals surface area contributed by atoms with Crippen LogP contribution < -0.4 is 14.7 Å². The van der Waals surface area contributed by atoms with E-state index in [2.05, 4.69) is 42.7 Å². The topological polar surface area (TPSA) is 113 Å². The van der Waals surface area contributed by atoms with Crippen molar-refractivity contribution in [2.45, 2.75) is 20.8 Å². The zero-order valence-corrected chi connectivity index (χ0v) is 19.6. The van der Waals surface area contributed by atoms with Crippen LogP contribution in [0.25, 0.3) is 38.5 Å². The number of benzene rings is 2. The number of nitrogens with one attached hydrogen (secondary N) is 3. The molecule has 0 bridgehead atoms. The Kier molecular flexibility index (Phi) is 4.31. The van der Waals surface area contributed by atoms with Gasteiger partial charge in [0.25, 0.3) is 0 Å². The first-order valence-electron chi connectivity index (χ1n) is 11.0. The lowest BCUT2D eigenvalue weighted by atomic mass is 10.1. The van der Waals surface area contributed by atoms with E-state index in [1.54, 1.807) is 7.11 Å². The zero-order valence-electron chi connectivity index (χ0n) is 19.6. The highest BCUT2D eigenvalue weighted by atomic mass is 16.5. The molecule has 0 amide bonds. The summed E-state index contributed by atoms with van der Waals surface area (Å²) in [6.07, 6.45) is 0. The molecule has 0 unspecified atom stereocenters. The molecule has 10 heteroatoms. The molecule has 0 fully saturated rings. The summed E-state index contributed by atoms with van der Waals surface area (Å²) in [6.45, 7) is 5.73. The normalized spacial score (nSPS) is 11.7. The summed E-state index contributed by atoms with van der Waals surface area (Å²) < 4.78 is 9.75. The molecule has 4 aromatic heterocycles. The quantitative estimate of drug-likeness (QED) is 0.350. The molecule has 6 aromatic rings. The third kappa shape index (κ3) is 2.92. The molecular weight excluding hydrogens is 430 g/mol. The van der Waals surface area contributed by atoms with Crippen LogP contribution in [-0.4, -0.2) is 41.9 Å². The molecule has 6 rings (SSSR count).